The lowest BCUT2D eigenvalue weighted by Crippen LogP contribution is -2.73. The van der Waals surface area contributed by atoms with Gasteiger partial charge >= 0.3 is 29.8 Å². The molecule has 0 saturated carbocycles. The van der Waals surface area contributed by atoms with Gasteiger partial charge in [-0.05, 0) is 110 Å². The van der Waals surface area contributed by atoms with Crippen molar-refractivity contribution in [2.45, 2.75) is 267 Å². The minimum absolute atomic E-state index is 0.0617. The van der Waals surface area contributed by atoms with E-state index in [2.05, 4.69) is 0 Å². The number of nitrogens with zero attached hydrogens (tertiary/aromatic N) is 3. The van der Waals surface area contributed by atoms with E-state index in [-0.39, 0.29) is 33.4 Å². The molecule has 5 aromatic carbocycles. The Morgan fingerprint density at radius 3 is 1.14 bits per heavy atom. The Balaban J connectivity index is 1.06. The van der Waals surface area contributed by atoms with Crippen LogP contribution in [0.5, 0.6) is 0 Å². The molecule has 4 saturated heterocycles. The van der Waals surface area contributed by atoms with Gasteiger partial charge in [0.25, 0.3) is 35.4 Å². The third-order valence-corrected chi connectivity index (χ3v) is 40.2. The predicted molar refractivity (Wildman–Crippen MR) is 458 cm³/mol. The first-order valence-electron chi connectivity index (χ1n) is 40.9. The monoisotopic (exact) mass is 1860 g/mol. The van der Waals surface area contributed by atoms with Gasteiger partial charge in [0.05, 0.1) is 90.5 Å². The molecule has 0 radical (unpaired) electrons. The first-order valence-corrected chi connectivity index (χ1v) is 51.1. The average molecular weight is 1870 g/mol. The maximum atomic E-state index is 15.9. The maximum Gasteiger partial charge on any atom is 0.338 e. The van der Waals surface area contributed by atoms with Crippen molar-refractivity contribution in [3.8, 4) is 0 Å². The van der Waals surface area contributed by atoms with E-state index in [1.165, 1.54) is 74.7 Å². The lowest BCUT2D eigenvalue weighted by atomic mass is 9.92. The Kier molecular flexibility index (Phi) is 28.8. The lowest BCUT2D eigenvalue weighted by Gasteiger charge is -2.54. The largest absolute Gasteiger partial charge is 0.457 e. The first-order chi connectivity index (χ1) is 58.4. The number of aliphatic hydroxyl groups excluding tert-OH is 1. The number of hydrogen-bond donors (Lipinski definition) is 1. The summed E-state index contributed by atoms with van der Waals surface area (Å²) in [4.78, 5) is 167. The summed E-state index contributed by atoms with van der Waals surface area (Å²) in [6.07, 6.45) is -31.5. The van der Waals surface area contributed by atoms with E-state index in [1.807, 2.05) is 102 Å². The van der Waals surface area contributed by atoms with Gasteiger partial charge in [0, 0.05) is 27.9 Å². The molecular weight excluding hydrogens is 1760 g/mol. The molecule has 125 heavy (non-hydrogen) atoms. The number of ether oxygens (including phenoxy) is 13. The van der Waals surface area contributed by atoms with Crippen molar-refractivity contribution in [3.05, 3.63) is 174 Å². The molecule has 0 bridgehead atoms. The summed E-state index contributed by atoms with van der Waals surface area (Å²) in [5.41, 5.74) is -1.43. The summed E-state index contributed by atoms with van der Waals surface area (Å²) in [7, 11) is -8.14. The number of rotatable bonds is 26. The minimum atomic E-state index is -3.29. The molecule has 5 aromatic rings. The molecule has 0 spiro atoms. The average Bonchev–Trinajstić information content (AvgIpc) is 1.61. The molecule has 31 nitrogen and oxygen atoms in total. The highest BCUT2D eigenvalue weighted by atomic mass is 35.5. The van der Waals surface area contributed by atoms with Crippen LogP contribution in [-0.4, -0.2) is 260 Å². The van der Waals surface area contributed by atoms with Gasteiger partial charge in [0.2, 0.25) is 0 Å². The Hall–Kier alpha value is -7.80. The third kappa shape index (κ3) is 19.2. The number of carbonyl (C=O) groups excluding carboxylic acids is 11. The van der Waals surface area contributed by atoms with Crippen molar-refractivity contribution >= 4 is 137 Å². The molecule has 1 N–H and O–H groups in total. The van der Waals surface area contributed by atoms with Gasteiger partial charge in [-0.2, -0.15) is 0 Å². The number of amides is 6. The van der Waals surface area contributed by atoms with Gasteiger partial charge in [-0.1, -0.05) is 169 Å². The van der Waals surface area contributed by atoms with Crippen LogP contribution in [0.4, 0.5) is 0 Å². The first kappa shape index (κ1) is 96.3. The Morgan fingerprint density at radius 1 is 0.392 bits per heavy atom. The Labute approximate surface area is 747 Å². The van der Waals surface area contributed by atoms with Crippen LogP contribution in [0.25, 0.3) is 0 Å². The second-order valence-corrected chi connectivity index (χ2v) is 52.2. The Morgan fingerprint density at radius 2 is 0.736 bits per heavy atom. The number of fused-ring (bicyclic) bond motifs is 3. The van der Waals surface area contributed by atoms with Crippen LogP contribution in [0.1, 0.15) is 173 Å². The van der Waals surface area contributed by atoms with E-state index < -0.39 is 279 Å². The molecule has 38 heteroatoms. The highest BCUT2D eigenvalue weighted by molar-refractivity contribution is 6.75. The molecule has 20 atom stereocenters. The standard InChI is InChI=1S/C87H105Cl4N3O28Si3/c1-42-65(118-79(105)46-31-23-21-24-32-46)71(119-80(106)47-33-25-22-26-34-47)72(107-14)84(111-42)108-39-52-66(64(98)61(83(117-52)122-125(19,20)87(11,12)13)92-73(99)48-35-27-28-36-49(48)74(92)100)120-81-62(93-75(101)50-37-29-30-38-51(50)76(93)102)70(114-45(4)97)68(54(116-81)41-110-124(17,18)86(8,9)10)121-82-63(94-77(103)55-56(78(94)104)58(89)60(91)59(90)57(55)88)69(113-44(3)96)67(112-43(2)95)53(115-82)40-109-123(15,16)85(5,6)7/h21-38,42,52-54,61-72,81-84,98H,39-41H2,1-20H3/t42-,52+,53+,54+,61+,62+,63+,64+,65+,66+,67+,68+,69+,70+,71+,72-,81-,82-,83-,84+/m0/s1. The number of benzene rings is 5. The highest BCUT2D eigenvalue weighted by Crippen LogP contribution is 2.50. The molecule has 0 aliphatic carbocycles. The molecule has 7 heterocycles. The summed E-state index contributed by atoms with van der Waals surface area (Å²) >= 11 is 27.0. The zero-order valence-corrected chi connectivity index (χ0v) is 78.9. The van der Waals surface area contributed by atoms with Crippen LogP contribution < -0.4 is 0 Å². The van der Waals surface area contributed by atoms with Crippen molar-refractivity contribution in [1.29, 1.82) is 0 Å². The summed E-state index contributed by atoms with van der Waals surface area (Å²) in [5, 5.41) is 10.3. The number of carbonyl (C=O) groups is 11. The molecule has 6 amide bonds. The van der Waals surface area contributed by atoms with Crippen molar-refractivity contribution < 1.29 is 133 Å². The summed E-state index contributed by atoms with van der Waals surface area (Å²) in [6.45, 7) is 31.2. The van der Waals surface area contributed by atoms with Gasteiger partial charge in [0.1, 0.15) is 60.9 Å². The Bertz CT molecular complexity index is 4870. The van der Waals surface area contributed by atoms with E-state index in [9.17, 15) is 29.1 Å². The fourth-order valence-electron chi connectivity index (χ4n) is 15.3. The van der Waals surface area contributed by atoms with Crippen LogP contribution in [0.2, 0.25) is 74.5 Å². The summed E-state index contributed by atoms with van der Waals surface area (Å²) in [5.74, 6) is -11.3. The van der Waals surface area contributed by atoms with Crippen LogP contribution in [0.15, 0.2) is 109 Å². The van der Waals surface area contributed by atoms with Crippen LogP contribution in [0.3, 0.4) is 0 Å². The van der Waals surface area contributed by atoms with E-state index in [4.69, 9.17) is 121 Å². The number of hydrogen-bond acceptors (Lipinski definition) is 28. The topological polar surface area (TPSA) is 365 Å². The quantitative estimate of drug-likeness (QED) is 0.0134. The van der Waals surface area contributed by atoms with E-state index >= 15 is 28.8 Å². The predicted octanol–water partition coefficient (Wildman–Crippen LogP) is 13.0. The van der Waals surface area contributed by atoms with E-state index in [1.54, 1.807) is 48.5 Å². The molecular formula is C87H105Cl4N3O28Si3. The number of imide groups is 3. The molecule has 0 unspecified atom stereocenters. The SMILES string of the molecule is CO[C@@H]1[C@H](OC[C@H]2O[C@@H](O[Si](C)(C)C(C)(C)C)[C@H](N3C(=O)c4ccccc4C3=O)[C@@H](O)[C@@H]2O[C@@H]2O[C@H](CO[Si](C)(C)C(C)(C)C)[C@@H](O[C@@H]3O[C@H](CO[Si](C)(C)C(C)(C)C)[C@@H](OC(C)=O)[C@H](OC(C)=O)[C@H]3N3C(=O)c4c(Cl)c(Cl)c(Cl)c(Cl)c4C3=O)[C@H](OC(C)=O)[C@H]2N2C(=O)c3ccccc3C2=O)O[C@@H](C)[C@@H](OC(=O)c2ccccc2)[C@H]1OC(=O)c1ccccc1. The minimum Gasteiger partial charge on any atom is -0.457 e. The second kappa shape index (κ2) is 37.3. The molecule has 7 aliphatic heterocycles. The smallest absolute Gasteiger partial charge is 0.338 e. The van der Waals surface area contributed by atoms with Crippen LogP contribution in [0, 0.1) is 0 Å². The molecule has 7 aliphatic rings. The van der Waals surface area contributed by atoms with Crippen molar-refractivity contribution in [3.63, 3.8) is 0 Å². The fraction of sp³-hybridized carbons (Fsp3) is 0.529. The van der Waals surface area contributed by atoms with Crippen LogP contribution >= 0.6 is 46.4 Å². The number of methoxy groups -OCH3 is 1. The van der Waals surface area contributed by atoms with E-state index in [0.717, 1.165) is 25.7 Å². The maximum absolute atomic E-state index is 15.9. The zero-order valence-electron chi connectivity index (χ0n) is 72.9. The van der Waals surface area contributed by atoms with Gasteiger partial charge in [-0.3, -0.25) is 57.9 Å². The molecule has 12 rings (SSSR count). The number of halogens is 4. The number of esters is 5. The highest BCUT2D eigenvalue weighted by Gasteiger charge is 2.66. The molecule has 676 valence electrons. The normalized spacial score (nSPS) is 28.6. The van der Waals surface area contributed by atoms with Crippen molar-refractivity contribution in [1.82, 2.24) is 14.7 Å². The third-order valence-electron chi connectivity index (χ3n) is 25.0. The molecule has 0 aromatic heterocycles. The van der Waals surface area contributed by atoms with Gasteiger partial charge in [-0.15, -0.1) is 0 Å². The van der Waals surface area contributed by atoms with Gasteiger partial charge in [-0.25, -0.2) is 9.59 Å². The number of aliphatic hydroxyl groups is 1. The summed E-state index contributed by atoms with van der Waals surface area (Å²) in [6, 6.07) is 21.2. The molecule has 4 fully saturated rings. The summed E-state index contributed by atoms with van der Waals surface area (Å²) < 4.78 is 108. The van der Waals surface area contributed by atoms with Crippen LogP contribution in [-0.2, 0) is 89.2 Å². The van der Waals surface area contributed by atoms with Gasteiger partial charge in [0.15, 0.2) is 80.6 Å². The zero-order chi connectivity index (χ0) is 91.7. The lowest BCUT2D eigenvalue weighted by molar-refractivity contribution is -0.362. The van der Waals surface area contributed by atoms with Gasteiger partial charge < -0.3 is 80.0 Å². The second-order valence-electron chi connectivity index (χ2n) is 36.3. The fourth-order valence-corrected chi connectivity index (χ4v) is 19.5. The van der Waals surface area contributed by atoms with Crippen molar-refractivity contribution in [2.24, 2.45) is 0 Å². The van der Waals surface area contributed by atoms with E-state index in [0.29, 0.717) is 9.80 Å². The van der Waals surface area contributed by atoms with Crippen molar-refractivity contribution in [2.75, 3.05) is 26.9 Å².